The van der Waals surface area contributed by atoms with E-state index < -0.39 is 0 Å². The molecule has 0 saturated carbocycles. The number of hydrogen-bond acceptors (Lipinski definition) is 10. The number of piperazine rings is 1. The largest absolute Gasteiger partial charge is 0.493 e. The van der Waals surface area contributed by atoms with Crippen LogP contribution in [0.3, 0.4) is 0 Å². The summed E-state index contributed by atoms with van der Waals surface area (Å²) >= 11 is 1.54. The summed E-state index contributed by atoms with van der Waals surface area (Å²) in [5.41, 5.74) is 2.12. The normalized spacial score (nSPS) is 17.2. The number of thiazole rings is 1. The molecule has 1 aromatic heterocycles. The topological polar surface area (TPSA) is 103 Å². The first-order valence-corrected chi connectivity index (χ1v) is 15.3. The predicted octanol–water partition coefficient (Wildman–Crippen LogP) is 3.88. The second-order valence-corrected chi connectivity index (χ2v) is 11.7. The van der Waals surface area contributed by atoms with Gasteiger partial charge in [0.1, 0.15) is 5.69 Å². The molecule has 228 valence electrons. The van der Waals surface area contributed by atoms with E-state index in [-0.39, 0.29) is 24.5 Å². The molecular weight excluding hydrogens is 572 g/mol. The molecule has 2 saturated heterocycles. The quantitative estimate of drug-likeness (QED) is 0.377. The molecule has 4 heterocycles. The number of methoxy groups -OCH3 is 3. The minimum Gasteiger partial charge on any atom is -0.493 e. The van der Waals surface area contributed by atoms with Gasteiger partial charge >= 0.3 is 0 Å². The molecule has 11 nitrogen and oxygen atoms in total. The first kappa shape index (κ1) is 29.1. The molecule has 2 fully saturated rings. The average molecular weight is 609 g/mol. The second kappa shape index (κ2) is 12.7. The van der Waals surface area contributed by atoms with Crippen LogP contribution in [0.2, 0.25) is 0 Å². The highest BCUT2D eigenvalue weighted by Crippen LogP contribution is 2.41. The van der Waals surface area contributed by atoms with Crippen LogP contribution in [0.4, 0.5) is 0 Å². The maximum atomic E-state index is 13.4. The Hall–Kier alpha value is -4.03. The molecular formula is C31H36N4O7S. The monoisotopic (exact) mass is 608 g/mol. The van der Waals surface area contributed by atoms with Gasteiger partial charge in [0.2, 0.25) is 12.5 Å². The summed E-state index contributed by atoms with van der Waals surface area (Å²) in [6, 6.07) is 9.48. The van der Waals surface area contributed by atoms with Crippen molar-refractivity contribution in [2.75, 3.05) is 67.4 Å². The lowest BCUT2D eigenvalue weighted by atomic mass is 9.96. The molecule has 2 amide bonds. The van der Waals surface area contributed by atoms with Crippen molar-refractivity contribution in [2.24, 2.45) is 0 Å². The van der Waals surface area contributed by atoms with Crippen LogP contribution < -0.4 is 23.7 Å². The third kappa shape index (κ3) is 5.94. The molecule has 0 spiro atoms. The molecule has 3 aliphatic rings. The zero-order valence-corrected chi connectivity index (χ0v) is 25.5. The van der Waals surface area contributed by atoms with Gasteiger partial charge in [-0.25, -0.2) is 4.98 Å². The highest BCUT2D eigenvalue weighted by molar-refractivity contribution is 7.09. The number of nitrogens with zero attached hydrogens (tertiary/aromatic N) is 4. The molecule has 3 aromatic rings. The molecule has 6 rings (SSSR count). The number of hydrogen-bond donors (Lipinski definition) is 0. The van der Waals surface area contributed by atoms with E-state index in [0.29, 0.717) is 54.7 Å². The summed E-state index contributed by atoms with van der Waals surface area (Å²) in [5.74, 6) is 2.94. The zero-order valence-electron chi connectivity index (χ0n) is 24.7. The minimum atomic E-state index is -0.107. The number of piperidine rings is 1. The highest BCUT2D eigenvalue weighted by Gasteiger charge is 2.31. The van der Waals surface area contributed by atoms with Gasteiger partial charge < -0.3 is 33.5 Å². The lowest BCUT2D eigenvalue weighted by Gasteiger charge is -2.34. The third-order valence-corrected chi connectivity index (χ3v) is 9.32. The molecule has 0 N–H and O–H groups in total. The van der Waals surface area contributed by atoms with Crippen molar-refractivity contribution in [3.8, 4) is 28.7 Å². The first-order chi connectivity index (χ1) is 21.0. The van der Waals surface area contributed by atoms with Crippen LogP contribution in [-0.2, 0) is 6.54 Å². The third-order valence-electron chi connectivity index (χ3n) is 8.31. The van der Waals surface area contributed by atoms with Crippen molar-refractivity contribution in [2.45, 2.75) is 25.3 Å². The van der Waals surface area contributed by atoms with Gasteiger partial charge in [0.15, 0.2) is 23.0 Å². The van der Waals surface area contributed by atoms with Crippen LogP contribution in [0.1, 0.15) is 50.2 Å². The fourth-order valence-electron chi connectivity index (χ4n) is 5.91. The van der Waals surface area contributed by atoms with Gasteiger partial charge in [-0.15, -0.1) is 11.3 Å². The second-order valence-electron chi connectivity index (χ2n) is 10.8. The molecule has 0 aliphatic carbocycles. The van der Waals surface area contributed by atoms with Gasteiger partial charge in [-0.1, -0.05) is 6.07 Å². The number of amides is 2. The van der Waals surface area contributed by atoms with Crippen LogP contribution >= 0.6 is 11.3 Å². The van der Waals surface area contributed by atoms with E-state index >= 15 is 0 Å². The summed E-state index contributed by atoms with van der Waals surface area (Å²) < 4.78 is 27.2. The fourth-order valence-corrected chi connectivity index (χ4v) is 6.88. The predicted molar refractivity (Wildman–Crippen MR) is 160 cm³/mol. The molecule has 0 atom stereocenters. The fraction of sp³-hybridized carbons (Fsp3) is 0.452. The summed E-state index contributed by atoms with van der Waals surface area (Å²) in [6.45, 7) is 5.19. The standard InChI is InChI=1S/C31H36N4O7S/c1-38-25-7-5-22(27(39-2)28(25)40-3)30(36)34-10-8-21(9-11-34)29-32-23(18-43-29)31(37)35-14-12-33(13-15-35)17-20-4-6-24-26(16-20)42-19-41-24/h4-7,16,18,21H,8-15,17,19H2,1-3H3. The number of fused-ring (bicyclic) bond motifs is 1. The van der Waals surface area contributed by atoms with E-state index in [2.05, 4.69) is 11.0 Å². The van der Waals surface area contributed by atoms with Gasteiger partial charge in [0, 0.05) is 57.1 Å². The highest BCUT2D eigenvalue weighted by atomic mass is 32.1. The van der Waals surface area contributed by atoms with Gasteiger partial charge in [-0.05, 0) is 42.7 Å². The Kier molecular flexibility index (Phi) is 8.57. The smallest absolute Gasteiger partial charge is 0.273 e. The van der Waals surface area contributed by atoms with Crippen molar-refractivity contribution >= 4 is 23.2 Å². The van der Waals surface area contributed by atoms with Crippen LogP contribution in [0, 0.1) is 0 Å². The van der Waals surface area contributed by atoms with E-state index in [9.17, 15) is 9.59 Å². The average Bonchev–Trinajstić information content (AvgIpc) is 3.74. The van der Waals surface area contributed by atoms with E-state index in [1.165, 1.54) is 31.1 Å². The number of ether oxygens (including phenoxy) is 5. The molecule has 0 bridgehead atoms. The molecule has 0 radical (unpaired) electrons. The molecule has 2 aromatic carbocycles. The Morgan fingerprint density at radius 3 is 2.30 bits per heavy atom. The van der Waals surface area contributed by atoms with Gasteiger partial charge in [0.05, 0.1) is 31.9 Å². The van der Waals surface area contributed by atoms with Gasteiger partial charge in [-0.2, -0.15) is 0 Å². The number of aromatic nitrogens is 1. The zero-order chi connectivity index (χ0) is 29.9. The van der Waals surface area contributed by atoms with Crippen molar-refractivity contribution in [1.82, 2.24) is 19.7 Å². The molecule has 43 heavy (non-hydrogen) atoms. The lowest BCUT2D eigenvalue weighted by molar-refractivity contribution is 0.0623. The van der Waals surface area contributed by atoms with E-state index in [0.717, 1.165) is 49.0 Å². The molecule has 3 aliphatic heterocycles. The Labute approximate surface area is 254 Å². The Morgan fingerprint density at radius 1 is 0.860 bits per heavy atom. The summed E-state index contributed by atoms with van der Waals surface area (Å²) in [6.07, 6.45) is 1.56. The Bertz CT molecular complexity index is 1480. The summed E-state index contributed by atoms with van der Waals surface area (Å²) in [7, 11) is 4.59. The number of rotatable bonds is 8. The minimum absolute atomic E-state index is 0.0154. The SMILES string of the molecule is COc1ccc(C(=O)N2CCC(c3nc(C(=O)N4CCN(Cc5ccc6c(c5)OCO6)CC4)cs3)CC2)c(OC)c1OC. The van der Waals surface area contributed by atoms with Crippen LogP contribution in [0.25, 0.3) is 0 Å². The number of carbonyl (C=O) groups excluding carboxylic acids is 2. The maximum Gasteiger partial charge on any atom is 0.273 e. The lowest BCUT2D eigenvalue weighted by Crippen LogP contribution is -2.48. The van der Waals surface area contributed by atoms with E-state index in [1.54, 1.807) is 19.2 Å². The molecule has 12 heteroatoms. The number of carbonyl (C=O) groups is 2. The van der Waals surface area contributed by atoms with E-state index in [4.69, 9.17) is 28.7 Å². The summed E-state index contributed by atoms with van der Waals surface area (Å²) in [5, 5.41) is 2.84. The Balaban J connectivity index is 1.01. The van der Waals surface area contributed by atoms with E-state index in [1.807, 2.05) is 27.3 Å². The van der Waals surface area contributed by atoms with Crippen molar-refractivity contribution in [3.05, 3.63) is 57.5 Å². The number of benzene rings is 2. The molecule has 0 unspecified atom stereocenters. The van der Waals surface area contributed by atoms with Crippen molar-refractivity contribution < 1.29 is 33.3 Å². The number of likely N-dealkylation sites (tertiary alicyclic amines) is 1. The maximum absolute atomic E-state index is 13.4. The first-order valence-electron chi connectivity index (χ1n) is 14.4. The van der Waals surface area contributed by atoms with Crippen molar-refractivity contribution in [1.29, 1.82) is 0 Å². The Morgan fingerprint density at radius 2 is 1.58 bits per heavy atom. The van der Waals surface area contributed by atoms with Crippen LogP contribution in [0.5, 0.6) is 28.7 Å². The van der Waals surface area contributed by atoms with Gasteiger partial charge in [-0.3, -0.25) is 14.5 Å². The van der Waals surface area contributed by atoms with Gasteiger partial charge in [0.25, 0.3) is 11.8 Å². The van der Waals surface area contributed by atoms with Crippen LogP contribution in [-0.4, -0.2) is 98.9 Å². The van der Waals surface area contributed by atoms with Crippen LogP contribution in [0.15, 0.2) is 35.7 Å². The van der Waals surface area contributed by atoms with Crippen molar-refractivity contribution in [3.63, 3.8) is 0 Å². The summed E-state index contributed by atoms with van der Waals surface area (Å²) in [4.78, 5) is 37.5.